The highest BCUT2D eigenvalue weighted by atomic mass is 32.2. The predicted molar refractivity (Wildman–Crippen MR) is 118 cm³/mol. The van der Waals surface area contributed by atoms with Gasteiger partial charge < -0.3 is 14.5 Å². The van der Waals surface area contributed by atoms with Crippen LogP contribution < -0.4 is 14.4 Å². The zero-order chi connectivity index (χ0) is 24.2. The number of alkyl halides is 3. The molecular formula is C22H26F3N3O4S. The monoisotopic (exact) mass is 485 g/mol. The van der Waals surface area contributed by atoms with Gasteiger partial charge in [0.25, 0.3) is 5.91 Å². The third kappa shape index (κ3) is 6.61. The number of piperazine rings is 1. The van der Waals surface area contributed by atoms with Crippen molar-refractivity contribution in [2.45, 2.75) is 31.0 Å². The maximum Gasteiger partial charge on any atom is 0.416 e. The average molecular weight is 486 g/mol. The van der Waals surface area contributed by atoms with Crippen molar-refractivity contribution in [1.29, 1.82) is 0 Å². The molecule has 0 radical (unpaired) electrons. The molecule has 0 unspecified atom stereocenters. The van der Waals surface area contributed by atoms with Crippen LogP contribution in [0.1, 0.15) is 19.4 Å². The van der Waals surface area contributed by atoms with E-state index in [1.807, 2.05) is 4.90 Å². The van der Waals surface area contributed by atoms with Gasteiger partial charge in [0.05, 0.1) is 10.5 Å². The zero-order valence-electron chi connectivity index (χ0n) is 18.3. The van der Waals surface area contributed by atoms with Crippen molar-refractivity contribution in [2.24, 2.45) is 0 Å². The first-order valence-electron chi connectivity index (χ1n) is 10.4. The fourth-order valence-electron chi connectivity index (χ4n) is 3.42. The van der Waals surface area contributed by atoms with Crippen molar-refractivity contribution >= 4 is 21.6 Å². The van der Waals surface area contributed by atoms with Gasteiger partial charge in [0, 0.05) is 37.9 Å². The maximum absolute atomic E-state index is 12.9. The molecule has 0 spiro atoms. The topological polar surface area (TPSA) is 78.9 Å². The molecule has 2 aromatic rings. The number of amides is 1. The number of carbonyl (C=O) groups excluding carboxylic acids is 1. The lowest BCUT2D eigenvalue weighted by molar-refractivity contribution is -0.137. The molecule has 0 aromatic heterocycles. The van der Waals surface area contributed by atoms with Gasteiger partial charge >= 0.3 is 6.18 Å². The van der Waals surface area contributed by atoms with E-state index in [1.165, 1.54) is 30.3 Å². The SMILES string of the molecule is CC(C)NS(=O)(=O)c1ccc(OCC(=O)N2CCN(c3cccc(C(F)(F)F)c3)CC2)cc1. The molecule has 3 rings (SSSR count). The van der Waals surface area contributed by atoms with Gasteiger partial charge in [0.1, 0.15) is 5.75 Å². The van der Waals surface area contributed by atoms with Gasteiger partial charge in [-0.25, -0.2) is 13.1 Å². The Balaban J connectivity index is 1.51. The van der Waals surface area contributed by atoms with Gasteiger partial charge in [-0.05, 0) is 56.3 Å². The highest BCUT2D eigenvalue weighted by molar-refractivity contribution is 7.89. The lowest BCUT2D eigenvalue weighted by atomic mass is 10.1. The number of halogens is 3. The Kier molecular flexibility index (Phi) is 7.53. The Labute approximate surface area is 191 Å². The molecule has 0 saturated carbocycles. The van der Waals surface area contributed by atoms with Crippen LogP contribution in [0.4, 0.5) is 18.9 Å². The smallest absolute Gasteiger partial charge is 0.416 e. The highest BCUT2D eigenvalue weighted by Gasteiger charge is 2.31. The third-order valence-corrected chi connectivity index (χ3v) is 6.73. The number of rotatable bonds is 7. The van der Waals surface area contributed by atoms with Gasteiger partial charge in [-0.2, -0.15) is 13.2 Å². The molecule has 7 nitrogen and oxygen atoms in total. The Bertz CT molecular complexity index is 1070. The first-order valence-corrected chi connectivity index (χ1v) is 11.9. The summed E-state index contributed by atoms with van der Waals surface area (Å²) in [5.74, 6) is 0.103. The number of nitrogens with one attached hydrogen (secondary N) is 1. The molecule has 0 atom stereocenters. The van der Waals surface area contributed by atoms with Crippen LogP contribution in [0.5, 0.6) is 5.75 Å². The Morgan fingerprint density at radius 2 is 1.70 bits per heavy atom. The van der Waals surface area contributed by atoms with E-state index in [9.17, 15) is 26.4 Å². The number of hydrogen-bond acceptors (Lipinski definition) is 5. The van der Waals surface area contributed by atoms with Gasteiger partial charge in [0.2, 0.25) is 10.0 Å². The van der Waals surface area contributed by atoms with Gasteiger partial charge in [-0.15, -0.1) is 0 Å². The van der Waals surface area contributed by atoms with Crippen LogP contribution in [0.2, 0.25) is 0 Å². The van der Waals surface area contributed by atoms with Crippen LogP contribution in [-0.2, 0) is 21.0 Å². The second-order valence-corrected chi connectivity index (χ2v) is 9.67. The summed E-state index contributed by atoms with van der Waals surface area (Å²) < 4.78 is 71.1. The number of ether oxygens (including phenoxy) is 1. The minimum atomic E-state index is -4.40. The van der Waals surface area contributed by atoms with E-state index in [0.29, 0.717) is 37.6 Å². The zero-order valence-corrected chi connectivity index (χ0v) is 19.1. The van der Waals surface area contributed by atoms with Crippen molar-refractivity contribution in [1.82, 2.24) is 9.62 Å². The van der Waals surface area contributed by atoms with E-state index in [1.54, 1.807) is 24.8 Å². The Morgan fingerprint density at radius 1 is 1.06 bits per heavy atom. The summed E-state index contributed by atoms with van der Waals surface area (Å²) in [7, 11) is -3.61. The van der Waals surface area contributed by atoms with Crippen molar-refractivity contribution in [3.8, 4) is 5.75 Å². The number of benzene rings is 2. The quantitative estimate of drug-likeness (QED) is 0.652. The summed E-state index contributed by atoms with van der Waals surface area (Å²) in [6.07, 6.45) is -4.40. The lowest BCUT2D eigenvalue weighted by Gasteiger charge is -2.36. The Hall–Kier alpha value is -2.79. The van der Waals surface area contributed by atoms with Gasteiger partial charge in [-0.1, -0.05) is 6.07 Å². The molecular weight excluding hydrogens is 459 g/mol. The molecule has 1 amide bonds. The molecule has 1 fully saturated rings. The molecule has 1 heterocycles. The fourth-order valence-corrected chi connectivity index (χ4v) is 4.67. The number of anilines is 1. The van der Waals surface area contributed by atoms with Crippen molar-refractivity contribution < 1.29 is 31.1 Å². The Morgan fingerprint density at radius 3 is 2.27 bits per heavy atom. The summed E-state index contributed by atoms with van der Waals surface area (Å²) in [5.41, 5.74) is -0.235. The van der Waals surface area contributed by atoms with E-state index >= 15 is 0 Å². The molecule has 0 aliphatic carbocycles. The maximum atomic E-state index is 12.9. The fraction of sp³-hybridized carbons (Fsp3) is 0.409. The number of hydrogen-bond donors (Lipinski definition) is 1. The predicted octanol–water partition coefficient (Wildman–Crippen LogP) is 3.12. The second kappa shape index (κ2) is 10.0. The van der Waals surface area contributed by atoms with E-state index < -0.39 is 21.8 Å². The summed E-state index contributed by atoms with van der Waals surface area (Å²) in [5, 5.41) is 0. The van der Waals surface area contributed by atoms with E-state index in [0.717, 1.165) is 12.1 Å². The van der Waals surface area contributed by atoms with Crippen LogP contribution in [0.15, 0.2) is 53.4 Å². The summed E-state index contributed by atoms with van der Waals surface area (Å²) >= 11 is 0. The molecule has 1 saturated heterocycles. The first-order chi connectivity index (χ1) is 15.5. The van der Waals surface area contributed by atoms with Crippen LogP contribution in [-0.4, -0.2) is 58.1 Å². The molecule has 0 bridgehead atoms. The van der Waals surface area contributed by atoms with Gasteiger partial charge in [0.15, 0.2) is 6.61 Å². The normalized spacial score (nSPS) is 15.1. The standard InChI is InChI=1S/C22H26F3N3O4S/c1-16(2)26-33(30,31)20-8-6-19(7-9-20)32-15-21(29)28-12-10-27(11-13-28)18-5-3-4-17(14-18)22(23,24)25/h3-9,14,16,26H,10-13,15H2,1-2H3. The molecule has 33 heavy (non-hydrogen) atoms. The molecule has 1 N–H and O–H groups in total. The minimum Gasteiger partial charge on any atom is -0.484 e. The molecule has 2 aromatic carbocycles. The summed E-state index contributed by atoms with van der Waals surface area (Å²) in [6, 6.07) is 10.7. The number of sulfonamides is 1. The molecule has 1 aliphatic heterocycles. The van der Waals surface area contributed by atoms with Crippen LogP contribution in [0.25, 0.3) is 0 Å². The van der Waals surface area contributed by atoms with Crippen LogP contribution in [0, 0.1) is 0 Å². The third-order valence-electron chi connectivity index (χ3n) is 5.06. The molecule has 11 heteroatoms. The molecule has 180 valence electrons. The number of nitrogens with zero attached hydrogens (tertiary/aromatic N) is 2. The van der Waals surface area contributed by atoms with E-state index in [-0.39, 0.29) is 23.5 Å². The molecule has 1 aliphatic rings. The summed E-state index contributed by atoms with van der Waals surface area (Å²) in [6.45, 7) is 4.75. The van der Waals surface area contributed by atoms with Crippen molar-refractivity contribution in [3.63, 3.8) is 0 Å². The average Bonchev–Trinajstić information content (AvgIpc) is 2.76. The first kappa shape index (κ1) is 24.8. The van der Waals surface area contributed by atoms with Crippen molar-refractivity contribution in [3.05, 3.63) is 54.1 Å². The minimum absolute atomic E-state index is 0.0978. The second-order valence-electron chi connectivity index (χ2n) is 7.95. The van der Waals surface area contributed by atoms with Gasteiger partial charge in [-0.3, -0.25) is 4.79 Å². The van der Waals surface area contributed by atoms with E-state index in [4.69, 9.17) is 4.74 Å². The number of carbonyl (C=O) groups is 1. The largest absolute Gasteiger partial charge is 0.484 e. The van der Waals surface area contributed by atoms with Crippen LogP contribution in [0.3, 0.4) is 0 Å². The van der Waals surface area contributed by atoms with E-state index in [2.05, 4.69) is 4.72 Å². The highest BCUT2D eigenvalue weighted by Crippen LogP contribution is 2.31. The lowest BCUT2D eigenvalue weighted by Crippen LogP contribution is -2.50. The van der Waals surface area contributed by atoms with Crippen molar-refractivity contribution in [2.75, 3.05) is 37.7 Å². The summed E-state index contributed by atoms with van der Waals surface area (Å²) in [4.78, 5) is 16.0. The van der Waals surface area contributed by atoms with Crippen LogP contribution >= 0.6 is 0 Å².